The molecule has 1 fully saturated rings. The maximum absolute atomic E-state index is 9.85. The third-order valence-corrected chi connectivity index (χ3v) is 6.68. The number of nitrogens with zero attached hydrogens (tertiary/aromatic N) is 1. The van der Waals surface area contributed by atoms with Crippen molar-refractivity contribution in [1.82, 2.24) is 10.2 Å². The lowest BCUT2D eigenvalue weighted by molar-refractivity contribution is 0.201. The van der Waals surface area contributed by atoms with Crippen molar-refractivity contribution in [3.63, 3.8) is 0 Å². The molecule has 4 rings (SSSR count). The molecule has 2 aliphatic rings. The molecule has 0 spiro atoms. The molecule has 1 aliphatic carbocycles. The Morgan fingerprint density at radius 1 is 1.00 bits per heavy atom. The van der Waals surface area contributed by atoms with Crippen molar-refractivity contribution in [3.05, 3.63) is 58.2 Å². The van der Waals surface area contributed by atoms with Crippen LogP contribution in [0.3, 0.4) is 0 Å². The van der Waals surface area contributed by atoms with E-state index in [9.17, 15) is 5.11 Å². The largest absolute Gasteiger partial charge is 0.505 e. The topological polar surface area (TPSA) is 47.5 Å². The van der Waals surface area contributed by atoms with Gasteiger partial charge in [-0.3, -0.25) is 0 Å². The van der Waals surface area contributed by atoms with Crippen LogP contribution in [-0.2, 0) is 0 Å². The van der Waals surface area contributed by atoms with Crippen molar-refractivity contribution in [2.75, 3.05) is 19.4 Å². The molecular formula is C23H27Cl2N3O. The van der Waals surface area contributed by atoms with Crippen molar-refractivity contribution in [2.45, 2.75) is 43.8 Å². The van der Waals surface area contributed by atoms with Gasteiger partial charge in [-0.05, 0) is 93.0 Å². The molecule has 2 aromatic rings. The van der Waals surface area contributed by atoms with Crippen LogP contribution in [0.2, 0.25) is 10.0 Å². The summed E-state index contributed by atoms with van der Waals surface area (Å²) in [5.41, 5.74) is 4.22. The smallest absolute Gasteiger partial charge is 0.152 e. The van der Waals surface area contributed by atoms with Crippen LogP contribution in [0.4, 0.5) is 5.69 Å². The van der Waals surface area contributed by atoms with E-state index in [1.807, 2.05) is 12.3 Å². The summed E-state index contributed by atoms with van der Waals surface area (Å²) in [6, 6.07) is 11.2. The zero-order valence-electron chi connectivity index (χ0n) is 16.8. The number of rotatable bonds is 4. The summed E-state index contributed by atoms with van der Waals surface area (Å²) < 4.78 is 0. The summed E-state index contributed by atoms with van der Waals surface area (Å²) in [5, 5.41) is 17.6. The highest BCUT2D eigenvalue weighted by molar-refractivity contribution is 6.37. The number of phenols is 1. The highest BCUT2D eigenvalue weighted by Gasteiger charge is 2.26. The Labute approximate surface area is 182 Å². The zero-order valence-corrected chi connectivity index (χ0v) is 18.3. The first-order valence-electron chi connectivity index (χ1n) is 10.1. The summed E-state index contributed by atoms with van der Waals surface area (Å²) in [6.07, 6.45) is 9.05. The average Bonchev–Trinajstić information content (AvgIpc) is 2.72. The van der Waals surface area contributed by atoms with Crippen molar-refractivity contribution in [1.29, 1.82) is 0 Å². The summed E-state index contributed by atoms with van der Waals surface area (Å²) >= 11 is 12.3. The van der Waals surface area contributed by atoms with Crippen LogP contribution in [0.25, 0.3) is 11.1 Å². The second kappa shape index (κ2) is 8.57. The normalized spacial score (nSPS) is 23.7. The van der Waals surface area contributed by atoms with Gasteiger partial charge >= 0.3 is 0 Å². The van der Waals surface area contributed by atoms with Gasteiger partial charge in [0.05, 0.1) is 16.1 Å². The van der Waals surface area contributed by atoms with Gasteiger partial charge in [0.1, 0.15) is 0 Å². The third kappa shape index (κ3) is 4.41. The SMILES string of the molecule is CN(C)C1CCC(NC2C=CNc3ccc(-c4cc(Cl)c(O)c(Cl)c4)cc32)CC1. The van der Waals surface area contributed by atoms with Gasteiger partial charge in [-0.1, -0.05) is 29.3 Å². The van der Waals surface area contributed by atoms with E-state index in [0.29, 0.717) is 12.1 Å². The molecular weight excluding hydrogens is 405 g/mol. The maximum atomic E-state index is 9.85. The van der Waals surface area contributed by atoms with Gasteiger partial charge < -0.3 is 20.6 Å². The Morgan fingerprint density at radius 3 is 2.34 bits per heavy atom. The minimum Gasteiger partial charge on any atom is -0.505 e. The van der Waals surface area contributed by atoms with Crippen LogP contribution in [0, 0.1) is 0 Å². The number of benzene rings is 2. The first-order chi connectivity index (χ1) is 13.9. The average molecular weight is 432 g/mol. The van der Waals surface area contributed by atoms with Crippen molar-refractivity contribution < 1.29 is 5.11 Å². The number of anilines is 1. The minimum absolute atomic E-state index is 0.0764. The monoisotopic (exact) mass is 431 g/mol. The predicted molar refractivity (Wildman–Crippen MR) is 122 cm³/mol. The lowest BCUT2D eigenvalue weighted by Crippen LogP contribution is -2.40. The molecule has 0 radical (unpaired) electrons. The van der Waals surface area contributed by atoms with Gasteiger partial charge in [0, 0.05) is 17.8 Å². The van der Waals surface area contributed by atoms with E-state index in [-0.39, 0.29) is 21.8 Å². The van der Waals surface area contributed by atoms with Gasteiger partial charge in [-0.15, -0.1) is 0 Å². The molecule has 1 atom stereocenters. The highest BCUT2D eigenvalue weighted by Crippen LogP contribution is 2.39. The second-order valence-corrected chi connectivity index (χ2v) is 9.02. The molecule has 0 saturated heterocycles. The van der Waals surface area contributed by atoms with Gasteiger partial charge in [0.2, 0.25) is 0 Å². The number of hydrogen-bond donors (Lipinski definition) is 3. The maximum Gasteiger partial charge on any atom is 0.152 e. The molecule has 2 aromatic carbocycles. The van der Waals surface area contributed by atoms with Crippen LogP contribution in [-0.4, -0.2) is 36.2 Å². The Morgan fingerprint density at radius 2 is 1.69 bits per heavy atom. The van der Waals surface area contributed by atoms with Crippen molar-refractivity contribution >= 4 is 28.9 Å². The van der Waals surface area contributed by atoms with Crippen LogP contribution in [0.1, 0.15) is 37.3 Å². The van der Waals surface area contributed by atoms with E-state index < -0.39 is 0 Å². The molecule has 6 heteroatoms. The Hall–Kier alpha value is -1.72. The number of aromatic hydroxyl groups is 1. The zero-order chi connectivity index (χ0) is 20.5. The van der Waals surface area contributed by atoms with Crippen molar-refractivity contribution in [3.8, 4) is 16.9 Å². The van der Waals surface area contributed by atoms with E-state index in [4.69, 9.17) is 23.2 Å². The summed E-state index contributed by atoms with van der Waals surface area (Å²) in [5.74, 6) is -0.0764. The van der Waals surface area contributed by atoms with E-state index >= 15 is 0 Å². The molecule has 1 saturated carbocycles. The molecule has 1 aliphatic heterocycles. The van der Waals surface area contributed by atoms with Crippen molar-refractivity contribution in [2.24, 2.45) is 0 Å². The molecule has 4 nitrogen and oxygen atoms in total. The second-order valence-electron chi connectivity index (χ2n) is 8.21. The number of halogens is 2. The first-order valence-corrected chi connectivity index (χ1v) is 10.9. The highest BCUT2D eigenvalue weighted by atomic mass is 35.5. The van der Waals surface area contributed by atoms with Gasteiger partial charge in [-0.2, -0.15) is 0 Å². The fraction of sp³-hybridized carbons (Fsp3) is 0.391. The Bertz CT molecular complexity index is 897. The van der Waals surface area contributed by atoms with E-state index in [2.05, 4.69) is 47.8 Å². The molecule has 29 heavy (non-hydrogen) atoms. The van der Waals surface area contributed by atoms with Gasteiger partial charge in [-0.25, -0.2) is 0 Å². The van der Waals surface area contributed by atoms with E-state index in [1.54, 1.807) is 12.1 Å². The lowest BCUT2D eigenvalue weighted by atomic mass is 9.89. The van der Waals surface area contributed by atoms with Gasteiger partial charge in [0.15, 0.2) is 5.75 Å². The number of phenolic OH excluding ortho intramolecular Hbond substituents is 1. The van der Waals surface area contributed by atoms with E-state index in [0.717, 1.165) is 16.8 Å². The molecule has 1 unspecified atom stereocenters. The fourth-order valence-corrected chi connectivity index (χ4v) is 4.85. The van der Waals surface area contributed by atoms with Crippen LogP contribution >= 0.6 is 23.2 Å². The summed E-state index contributed by atoms with van der Waals surface area (Å²) in [6.45, 7) is 0. The molecule has 0 amide bonds. The third-order valence-electron chi connectivity index (χ3n) is 6.11. The first kappa shape index (κ1) is 20.5. The molecule has 0 bridgehead atoms. The summed E-state index contributed by atoms with van der Waals surface area (Å²) in [4.78, 5) is 2.34. The lowest BCUT2D eigenvalue weighted by Gasteiger charge is -2.35. The molecule has 0 aromatic heterocycles. The molecule has 154 valence electrons. The number of fused-ring (bicyclic) bond motifs is 1. The summed E-state index contributed by atoms with van der Waals surface area (Å²) in [7, 11) is 4.35. The quantitative estimate of drug-likeness (QED) is 0.571. The molecule has 3 N–H and O–H groups in total. The van der Waals surface area contributed by atoms with E-state index in [1.165, 1.54) is 31.2 Å². The Balaban J connectivity index is 1.56. The number of nitrogens with one attached hydrogen (secondary N) is 2. The standard InChI is InChI=1S/C23H27Cl2N3O/c1-28(2)17-6-4-16(5-7-17)27-22-9-10-26-21-8-3-14(11-18(21)22)15-12-19(24)23(29)20(25)13-15/h3,8-13,16-17,22,26-27,29H,4-7H2,1-2H3. The van der Waals surface area contributed by atoms with Crippen LogP contribution < -0.4 is 10.6 Å². The number of hydrogen-bond acceptors (Lipinski definition) is 4. The Kier molecular flexibility index (Phi) is 6.07. The molecule has 1 heterocycles. The van der Waals surface area contributed by atoms with Gasteiger partial charge in [0.25, 0.3) is 0 Å². The van der Waals surface area contributed by atoms with Crippen LogP contribution in [0.5, 0.6) is 5.75 Å². The van der Waals surface area contributed by atoms with Crippen LogP contribution in [0.15, 0.2) is 42.6 Å². The fourth-order valence-electron chi connectivity index (χ4n) is 4.36. The minimum atomic E-state index is -0.0764. The predicted octanol–water partition coefficient (Wildman–Crippen LogP) is 5.81.